The van der Waals surface area contributed by atoms with E-state index in [-0.39, 0.29) is 35.8 Å². The van der Waals surface area contributed by atoms with Crippen molar-refractivity contribution >= 4 is 5.91 Å². The molecule has 1 amide bonds. The molecular weight excluding hydrogens is 423 g/mol. The SMILES string of the molecule is C[C@H](Cc1cccc(C(=O)NCCc2cccc(F)c2)c1)NCC(O)c1cc(O)cc(O)c1. The van der Waals surface area contributed by atoms with Gasteiger partial charge in [0.1, 0.15) is 17.3 Å². The van der Waals surface area contributed by atoms with Crippen molar-refractivity contribution in [2.45, 2.75) is 31.9 Å². The minimum Gasteiger partial charge on any atom is -0.508 e. The molecule has 0 spiro atoms. The Morgan fingerprint density at radius 3 is 2.39 bits per heavy atom. The predicted molar refractivity (Wildman–Crippen MR) is 125 cm³/mol. The van der Waals surface area contributed by atoms with E-state index in [0.717, 1.165) is 11.1 Å². The number of carbonyl (C=O) groups excluding carboxylic acids is 1. The standard InChI is InChI=1S/C26H29FN2O4/c1-17(29-16-25(32)21-13-23(30)15-24(31)14-21)10-19-5-2-6-20(11-19)26(33)28-9-8-18-4-3-7-22(27)12-18/h2-7,11-15,17,25,29-32H,8-10,16H2,1H3,(H,28,33)/t17-,25?/m1/s1. The van der Waals surface area contributed by atoms with E-state index in [0.29, 0.717) is 30.5 Å². The number of benzene rings is 3. The second-order valence-corrected chi connectivity index (χ2v) is 8.15. The van der Waals surface area contributed by atoms with Crippen LogP contribution in [0.1, 0.15) is 40.1 Å². The summed E-state index contributed by atoms with van der Waals surface area (Å²) in [6.07, 6.45) is 0.298. The van der Waals surface area contributed by atoms with Crippen molar-refractivity contribution in [3.8, 4) is 11.5 Å². The van der Waals surface area contributed by atoms with E-state index < -0.39 is 6.10 Å². The molecule has 1 unspecified atom stereocenters. The van der Waals surface area contributed by atoms with E-state index in [2.05, 4.69) is 10.6 Å². The largest absolute Gasteiger partial charge is 0.508 e. The zero-order valence-electron chi connectivity index (χ0n) is 18.5. The third-order valence-electron chi connectivity index (χ3n) is 5.29. The number of rotatable bonds is 10. The molecule has 0 fully saturated rings. The number of halogens is 1. The Hall–Kier alpha value is -3.42. The van der Waals surface area contributed by atoms with Crippen molar-refractivity contribution in [1.82, 2.24) is 10.6 Å². The van der Waals surface area contributed by atoms with E-state index in [1.54, 1.807) is 12.1 Å². The minimum atomic E-state index is -0.888. The van der Waals surface area contributed by atoms with Gasteiger partial charge >= 0.3 is 0 Å². The highest BCUT2D eigenvalue weighted by Gasteiger charge is 2.13. The molecule has 2 atom stereocenters. The lowest BCUT2D eigenvalue weighted by molar-refractivity contribution is 0.0954. The van der Waals surface area contributed by atoms with E-state index in [1.807, 2.05) is 31.2 Å². The highest BCUT2D eigenvalue weighted by molar-refractivity contribution is 5.94. The van der Waals surface area contributed by atoms with Crippen LogP contribution >= 0.6 is 0 Å². The molecule has 0 aliphatic carbocycles. The molecule has 3 aromatic carbocycles. The molecule has 0 saturated carbocycles. The van der Waals surface area contributed by atoms with Crippen LogP contribution in [0.5, 0.6) is 11.5 Å². The summed E-state index contributed by atoms with van der Waals surface area (Å²) in [5.41, 5.74) is 2.77. The van der Waals surface area contributed by atoms with Crippen molar-refractivity contribution < 1.29 is 24.5 Å². The molecule has 0 aliphatic heterocycles. The Labute approximate surface area is 192 Å². The van der Waals surface area contributed by atoms with Crippen LogP contribution < -0.4 is 10.6 Å². The first kappa shape index (κ1) is 24.2. The fourth-order valence-electron chi connectivity index (χ4n) is 3.62. The topological polar surface area (TPSA) is 102 Å². The van der Waals surface area contributed by atoms with Crippen molar-refractivity contribution in [2.24, 2.45) is 0 Å². The fraction of sp³-hybridized carbons (Fsp3) is 0.269. The molecule has 33 heavy (non-hydrogen) atoms. The highest BCUT2D eigenvalue weighted by Crippen LogP contribution is 2.24. The molecule has 0 heterocycles. The van der Waals surface area contributed by atoms with Crippen LogP contribution in [-0.4, -0.2) is 40.4 Å². The van der Waals surface area contributed by atoms with E-state index >= 15 is 0 Å². The summed E-state index contributed by atoms with van der Waals surface area (Å²) in [5, 5.41) is 35.6. The number of phenolic OH excluding ortho intramolecular Hbond substituents is 2. The van der Waals surface area contributed by atoms with Gasteiger partial charge in [0, 0.05) is 30.8 Å². The van der Waals surface area contributed by atoms with E-state index in [1.165, 1.54) is 30.3 Å². The number of nitrogens with one attached hydrogen (secondary N) is 2. The molecule has 7 heteroatoms. The van der Waals surface area contributed by atoms with Gasteiger partial charge in [-0.05, 0) is 72.9 Å². The quantitative estimate of drug-likeness (QED) is 0.324. The second kappa shape index (κ2) is 11.4. The normalized spacial score (nSPS) is 12.8. The Morgan fingerprint density at radius 2 is 1.67 bits per heavy atom. The van der Waals surface area contributed by atoms with Crippen LogP contribution in [0.4, 0.5) is 4.39 Å². The fourth-order valence-corrected chi connectivity index (χ4v) is 3.62. The Bertz CT molecular complexity index is 1070. The maximum absolute atomic E-state index is 13.3. The average molecular weight is 453 g/mol. The number of aromatic hydroxyl groups is 2. The van der Waals surface area contributed by atoms with Gasteiger partial charge in [0.05, 0.1) is 6.10 Å². The molecule has 5 N–H and O–H groups in total. The Kier molecular flexibility index (Phi) is 8.40. The van der Waals surface area contributed by atoms with E-state index in [4.69, 9.17) is 0 Å². The van der Waals surface area contributed by atoms with Gasteiger partial charge < -0.3 is 26.0 Å². The maximum Gasteiger partial charge on any atom is 0.251 e. The van der Waals surface area contributed by atoms with Crippen LogP contribution in [0.3, 0.4) is 0 Å². The van der Waals surface area contributed by atoms with Gasteiger partial charge in [0.25, 0.3) is 5.91 Å². The number of aliphatic hydroxyl groups excluding tert-OH is 1. The van der Waals surface area contributed by atoms with Crippen LogP contribution in [-0.2, 0) is 12.8 Å². The zero-order chi connectivity index (χ0) is 23.8. The van der Waals surface area contributed by atoms with E-state index in [9.17, 15) is 24.5 Å². The molecule has 6 nitrogen and oxygen atoms in total. The van der Waals surface area contributed by atoms with Crippen LogP contribution in [0.25, 0.3) is 0 Å². The smallest absolute Gasteiger partial charge is 0.251 e. The van der Waals surface area contributed by atoms with Crippen LogP contribution in [0, 0.1) is 5.82 Å². The van der Waals surface area contributed by atoms with Crippen molar-refractivity contribution in [2.75, 3.05) is 13.1 Å². The lowest BCUT2D eigenvalue weighted by Crippen LogP contribution is -2.32. The summed E-state index contributed by atoms with van der Waals surface area (Å²) >= 11 is 0. The second-order valence-electron chi connectivity index (χ2n) is 8.15. The maximum atomic E-state index is 13.3. The summed E-state index contributed by atoms with van der Waals surface area (Å²) in [6, 6.07) is 17.7. The number of phenols is 2. The van der Waals surface area contributed by atoms with Gasteiger partial charge in [-0.2, -0.15) is 0 Å². The summed E-state index contributed by atoms with van der Waals surface area (Å²) in [4.78, 5) is 12.5. The number of amides is 1. The van der Waals surface area contributed by atoms with Gasteiger partial charge in [0.2, 0.25) is 0 Å². The Balaban J connectivity index is 1.48. The summed E-state index contributed by atoms with van der Waals surface area (Å²) in [6.45, 7) is 2.62. The number of aliphatic hydroxyl groups is 1. The molecule has 0 aromatic heterocycles. The van der Waals surface area contributed by atoms with Gasteiger partial charge in [0.15, 0.2) is 0 Å². The lowest BCUT2D eigenvalue weighted by Gasteiger charge is -2.18. The summed E-state index contributed by atoms with van der Waals surface area (Å²) in [5.74, 6) is -0.693. The zero-order valence-corrected chi connectivity index (χ0v) is 18.5. The molecular formula is C26H29FN2O4. The number of hydrogen-bond donors (Lipinski definition) is 5. The molecule has 0 saturated heterocycles. The summed E-state index contributed by atoms with van der Waals surface area (Å²) in [7, 11) is 0. The third kappa shape index (κ3) is 7.59. The van der Waals surface area contributed by atoms with Crippen molar-refractivity contribution in [1.29, 1.82) is 0 Å². The minimum absolute atomic E-state index is 0.0110. The number of hydrogen-bond acceptors (Lipinski definition) is 5. The number of carbonyl (C=O) groups is 1. The monoisotopic (exact) mass is 452 g/mol. The molecule has 0 radical (unpaired) electrons. The van der Waals surface area contributed by atoms with Gasteiger partial charge in [-0.25, -0.2) is 4.39 Å². The van der Waals surface area contributed by atoms with Crippen LogP contribution in [0.2, 0.25) is 0 Å². The first-order valence-corrected chi connectivity index (χ1v) is 10.9. The first-order chi connectivity index (χ1) is 15.8. The molecule has 3 rings (SSSR count). The van der Waals surface area contributed by atoms with Crippen molar-refractivity contribution in [3.05, 3.63) is 94.8 Å². The highest BCUT2D eigenvalue weighted by atomic mass is 19.1. The van der Waals surface area contributed by atoms with Crippen molar-refractivity contribution in [3.63, 3.8) is 0 Å². The van der Waals surface area contributed by atoms with Gasteiger partial charge in [-0.1, -0.05) is 24.3 Å². The first-order valence-electron chi connectivity index (χ1n) is 10.9. The van der Waals surface area contributed by atoms with Gasteiger partial charge in [-0.15, -0.1) is 0 Å². The Morgan fingerprint density at radius 1 is 0.970 bits per heavy atom. The van der Waals surface area contributed by atoms with Gasteiger partial charge in [-0.3, -0.25) is 4.79 Å². The summed E-state index contributed by atoms with van der Waals surface area (Å²) < 4.78 is 13.3. The average Bonchev–Trinajstić information content (AvgIpc) is 2.77. The third-order valence-corrected chi connectivity index (χ3v) is 5.29. The lowest BCUT2D eigenvalue weighted by atomic mass is 10.0. The molecule has 3 aromatic rings. The molecule has 174 valence electrons. The van der Waals surface area contributed by atoms with Crippen LogP contribution in [0.15, 0.2) is 66.7 Å². The molecule has 0 bridgehead atoms. The predicted octanol–water partition coefficient (Wildman–Crippen LogP) is 3.46. The molecule has 0 aliphatic rings.